The molecule has 0 radical (unpaired) electrons. The number of nitrogens with zero attached hydrogens (tertiary/aromatic N) is 2. The average Bonchev–Trinajstić information content (AvgIpc) is 2.84. The number of pyridine rings is 1. The summed E-state index contributed by atoms with van der Waals surface area (Å²) in [6.07, 6.45) is 6.42. The molecule has 2 heterocycles. The van der Waals surface area contributed by atoms with Gasteiger partial charge >= 0.3 is 6.03 Å². The minimum absolute atomic E-state index is 0.131. The Kier molecular flexibility index (Phi) is 3.36. The van der Waals surface area contributed by atoms with Crippen molar-refractivity contribution in [3.05, 3.63) is 24.1 Å². The van der Waals surface area contributed by atoms with Crippen LogP contribution in [0.1, 0.15) is 25.7 Å². The first kappa shape index (κ1) is 12.4. The zero-order valence-corrected chi connectivity index (χ0v) is 10.8. The molecular weight excluding hydrogens is 245 g/mol. The molecule has 102 valence electrons. The van der Waals surface area contributed by atoms with E-state index in [9.17, 15) is 9.18 Å². The van der Waals surface area contributed by atoms with E-state index in [-0.39, 0.29) is 6.03 Å². The Morgan fingerprint density at radius 3 is 2.63 bits per heavy atom. The molecule has 1 N–H and O–H groups in total. The summed E-state index contributed by atoms with van der Waals surface area (Å²) in [5.41, 5.74) is 0. The van der Waals surface area contributed by atoms with E-state index in [1.54, 1.807) is 4.90 Å². The molecule has 1 aliphatic carbocycles. The zero-order valence-electron chi connectivity index (χ0n) is 10.8. The minimum Gasteiger partial charge on any atom is -0.324 e. The molecule has 5 heteroatoms. The van der Waals surface area contributed by atoms with Gasteiger partial charge in [-0.15, -0.1) is 0 Å². The normalized spacial score (nSPS) is 20.4. The maximum absolute atomic E-state index is 12.7. The third-order valence-corrected chi connectivity index (χ3v) is 4.23. The molecule has 2 amide bonds. The molecule has 0 bridgehead atoms. The fraction of sp³-hybridized carbons (Fsp3) is 0.571. The first-order valence-corrected chi connectivity index (χ1v) is 6.90. The van der Waals surface area contributed by atoms with Gasteiger partial charge in [0, 0.05) is 13.1 Å². The van der Waals surface area contributed by atoms with Crippen LogP contribution in [0.5, 0.6) is 0 Å². The molecule has 1 aliphatic heterocycles. The van der Waals surface area contributed by atoms with Gasteiger partial charge in [0.15, 0.2) is 0 Å². The summed E-state index contributed by atoms with van der Waals surface area (Å²) in [6.45, 7) is 1.69. The highest BCUT2D eigenvalue weighted by atomic mass is 19.1. The summed E-state index contributed by atoms with van der Waals surface area (Å²) < 4.78 is 12.7. The number of likely N-dealkylation sites (tertiary alicyclic amines) is 1. The molecule has 1 aromatic heterocycles. The Hall–Kier alpha value is -1.65. The van der Waals surface area contributed by atoms with Crippen LogP contribution < -0.4 is 5.32 Å². The average molecular weight is 263 g/mol. The van der Waals surface area contributed by atoms with Crippen LogP contribution in [-0.4, -0.2) is 29.0 Å². The van der Waals surface area contributed by atoms with E-state index in [1.807, 2.05) is 0 Å². The van der Waals surface area contributed by atoms with Crippen molar-refractivity contribution in [1.29, 1.82) is 0 Å². The van der Waals surface area contributed by atoms with Crippen LogP contribution in [-0.2, 0) is 0 Å². The Bertz CT molecular complexity index is 450. The summed E-state index contributed by atoms with van der Waals surface area (Å²) in [7, 11) is 0. The summed E-state index contributed by atoms with van der Waals surface area (Å²) in [6, 6.07) is 2.63. The SMILES string of the molecule is O=C(Nc1ccc(F)cn1)N1CC(C2CCCC2)C1. The van der Waals surface area contributed by atoms with Crippen LogP contribution in [0.15, 0.2) is 18.3 Å². The third-order valence-electron chi connectivity index (χ3n) is 4.23. The number of hydrogen-bond acceptors (Lipinski definition) is 2. The third kappa shape index (κ3) is 2.69. The number of halogens is 1. The summed E-state index contributed by atoms with van der Waals surface area (Å²) in [5, 5.41) is 2.69. The molecule has 2 aliphatic rings. The molecule has 0 atom stereocenters. The minimum atomic E-state index is -0.400. The number of nitrogens with one attached hydrogen (secondary N) is 1. The van der Waals surface area contributed by atoms with E-state index in [2.05, 4.69) is 10.3 Å². The van der Waals surface area contributed by atoms with Crippen molar-refractivity contribution < 1.29 is 9.18 Å². The van der Waals surface area contributed by atoms with Gasteiger partial charge in [-0.1, -0.05) is 25.7 Å². The Labute approximate surface area is 112 Å². The maximum atomic E-state index is 12.7. The largest absolute Gasteiger partial charge is 0.324 e. The van der Waals surface area contributed by atoms with Gasteiger partial charge in [0.05, 0.1) is 6.20 Å². The van der Waals surface area contributed by atoms with E-state index in [0.717, 1.165) is 25.2 Å². The van der Waals surface area contributed by atoms with Crippen molar-refractivity contribution in [3.63, 3.8) is 0 Å². The molecule has 0 spiro atoms. The molecule has 1 saturated carbocycles. The zero-order chi connectivity index (χ0) is 13.2. The van der Waals surface area contributed by atoms with Crippen molar-refractivity contribution >= 4 is 11.8 Å². The van der Waals surface area contributed by atoms with Gasteiger partial charge in [0.1, 0.15) is 11.6 Å². The second kappa shape index (κ2) is 5.15. The van der Waals surface area contributed by atoms with Gasteiger partial charge in [0.25, 0.3) is 0 Å². The smallest absolute Gasteiger partial charge is 0.323 e. The number of aromatic nitrogens is 1. The summed E-state index contributed by atoms with van der Waals surface area (Å²) in [5.74, 6) is 1.49. The van der Waals surface area contributed by atoms with Crippen LogP contribution >= 0.6 is 0 Å². The highest BCUT2D eigenvalue weighted by Gasteiger charge is 2.37. The van der Waals surface area contributed by atoms with Gasteiger partial charge in [-0.25, -0.2) is 14.2 Å². The summed E-state index contributed by atoms with van der Waals surface area (Å²) >= 11 is 0. The molecule has 1 saturated heterocycles. The maximum Gasteiger partial charge on any atom is 0.323 e. The van der Waals surface area contributed by atoms with Crippen LogP contribution in [0.25, 0.3) is 0 Å². The van der Waals surface area contributed by atoms with Gasteiger partial charge in [-0.05, 0) is 24.0 Å². The highest BCUT2D eigenvalue weighted by molar-refractivity contribution is 5.88. The predicted molar refractivity (Wildman–Crippen MR) is 70.2 cm³/mol. The number of urea groups is 1. The number of amides is 2. The van der Waals surface area contributed by atoms with E-state index in [1.165, 1.54) is 37.8 Å². The molecule has 19 heavy (non-hydrogen) atoms. The highest BCUT2D eigenvalue weighted by Crippen LogP contribution is 2.36. The molecule has 0 unspecified atom stereocenters. The first-order valence-electron chi connectivity index (χ1n) is 6.90. The molecule has 1 aromatic rings. The predicted octanol–water partition coefficient (Wildman–Crippen LogP) is 2.87. The second-order valence-corrected chi connectivity index (χ2v) is 5.50. The molecular formula is C14H18FN3O. The fourth-order valence-corrected chi connectivity index (χ4v) is 3.04. The van der Waals surface area contributed by atoms with Crippen molar-refractivity contribution in [2.24, 2.45) is 11.8 Å². The summed E-state index contributed by atoms with van der Waals surface area (Å²) in [4.78, 5) is 17.5. The molecule has 2 fully saturated rings. The monoisotopic (exact) mass is 263 g/mol. The van der Waals surface area contributed by atoms with E-state index in [0.29, 0.717) is 11.7 Å². The number of carbonyl (C=O) groups is 1. The number of carbonyl (C=O) groups excluding carboxylic acids is 1. The Balaban J connectivity index is 1.48. The van der Waals surface area contributed by atoms with Crippen molar-refractivity contribution in [2.45, 2.75) is 25.7 Å². The van der Waals surface area contributed by atoms with Gasteiger partial charge < -0.3 is 4.90 Å². The Morgan fingerprint density at radius 2 is 2.00 bits per heavy atom. The lowest BCUT2D eigenvalue weighted by molar-refractivity contribution is 0.0926. The fourth-order valence-electron chi connectivity index (χ4n) is 3.04. The second-order valence-electron chi connectivity index (χ2n) is 5.50. The van der Waals surface area contributed by atoms with Gasteiger partial charge in [-0.3, -0.25) is 5.32 Å². The quantitative estimate of drug-likeness (QED) is 0.891. The molecule has 4 nitrogen and oxygen atoms in total. The van der Waals surface area contributed by atoms with Gasteiger partial charge in [0.2, 0.25) is 0 Å². The van der Waals surface area contributed by atoms with Crippen LogP contribution in [0.3, 0.4) is 0 Å². The van der Waals surface area contributed by atoms with Crippen molar-refractivity contribution in [2.75, 3.05) is 18.4 Å². The Morgan fingerprint density at radius 1 is 1.26 bits per heavy atom. The van der Waals surface area contributed by atoms with Crippen molar-refractivity contribution in [1.82, 2.24) is 9.88 Å². The van der Waals surface area contributed by atoms with Crippen LogP contribution in [0.4, 0.5) is 15.0 Å². The van der Waals surface area contributed by atoms with Crippen LogP contribution in [0, 0.1) is 17.7 Å². The molecule has 0 aromatic carbocycles. The van der Waals surface area contributed by atoms with Gasteiger partial charge in [-0.2, -0.15) is 0 Å². The van der Waals surface area contributed by atoms with E-state index < -0.39 is 5.82 Å². The van der Waals surface area contributed by atoms with E-state index in [4.69, 9.17) is 0 Å². The number of anilines is 1. The molecule has 3 rings (SSSR count). The standard InChI is InChI=1S/C14H18FN3O/c15-12-5-6-13(16-7-12)17-14(19)18-8-11(9-18)10-3-1-2-4-10/h5-7,10-11H,1-4,8-9H2,(H,16,17,19). The van der Waals surface area contributed by atoms with Crippen molar-refractivity contribution in [3.8, 4) is 0 Å². The van der Waals surface area contributed by atoms with Crippen LogP contribution in [0.2, 0.25) is 0 Å². The lowest BCUT2D eigenvalue weighted by atomic mass is 9.85. The van der Waals surface area contributed by atoms with E-state index >= 15 is 0 Å². The lowest BCUT2D eigenvalue weighted by Crippen LogP contribution is -2.53. The topological polar surface area (TPSA) is 45.2 Å². The number of rotatable bonds is 2. The first-order chi connectivity index (χ1) is 9.22. The lowest BCUT2D eigenvalue weighted by Gasteiger charge is -2.42. The number of hydrogen-bond donors (Lipinski definition) is 1.